The Hall–Kier alpha value is -1.11. The first kappa shape index (κ1) is 63.0. The van der Waals surface area contributed by atoms with Gasteiger partial charge in [0.25, 0.3) is 0 Å². The number of alkyl halides is 18. The van der Waals surface area contributed by atoms with Gasteiger partial charge in [-0.05, 0) is 0 Å². The van der Waals surface area contributed by atoms with Gasteiger partial charge in [0.05, 0.1) is 0 Å². The molecule has 0 bridgehead atoms. The summed E-state index contributed by atoms with van der Waals surface area (Å²) in [6.07, 6.45) is 0. The summed E-state index contributed by atoms with van der Waals surface area (Å²) < 4.78 is 353. The van der Waals surface area contributed by atoms with Crippen molar-refractivity contribution in [2.24, 2.45) is 0 Å². The van der Waals surface area contributed by atoms with Crippen LogP contribution in [0.3, 0.4) is 0 Å². The summed E-state index contributed by atoms with van der Waals surface area (Å²) in [5.74, 6) is 0. The van der Waals surface area contributed by atoms with Crippen LogP contribution in [0.1, 0.15) is 0 Å². The molecule has 0 aromatic rings. The van der Waals surface area contributed by atoms with Crippen molar-refractivity contribution in [3.05, 3.63) is 0 Å². The molecule has 0 N–H and O–H groups in total. The number of halogens is 18. The van der Waals surface area contributed by atoms with Gasteiger partial charge in [0.2, 0.25) is 0 Å². The Morgan fingerprint density at radius 2 is 0.245 bits per heavy atom. The Morgan fingerprint density at radius 1 is 0.224 bits per heavy atom. The minimum atomic E-state index is -6.09. The van der Waals surface area contributed by atoms with E-state index in [-0.39, 0.29) is 21.1 Å². The second kappa shape index (κ2) is 19.6. The summed E-state index contributed by atoms with van der Waals surface area (Å²) in [6, 6.07) is 0. The molecule has 300 valence electrons. The van der Waals surface area contributed by atoms with E-state index in [0.717, 1.165) is 0 Å². The quantitative estimate of drug-likeness (QED) is 0.179. The third kappa shape index (κ3) is 33.8. The third-order valence-corrected chi connectivity index (χ3v) is 5.10. The zero-order valence-corrected chi connectivity index (χ0v) is 27.8. The van der Waals surface area contributed by atoms with Crippen LogP contribution in [0, 0.1) is 0 Å². The zero-order chi connectivity index (χ0) is 42.0. The van der Waals surface area contributed by atoms with Crippen LogP contribution in [-0.2, 0) is 81.8 Å². The maximum absolute atomic E-state index is 10.7. The number of hydrogen-bond acceptors (Lipinski definition) is 18. The van der Waals surface area contributed by atoms with E-state index < -0.39 is 93.8 Å². The van der Waals surface area contributed by atoms with E-state index in [2.05, 4.69) is 0 Å². The molecule has 0 aromatic carbocycles. The third-order valence-electron chi connectivity index (χ3n) is 1.70. The average molecular weight is 1080 g/mol. The first-order chi connectivity index (χ1) is 19.5. The van der Waals surface area contributed by atoms with E-state index in [1.807, 2.05) is 0 Å². The maximum Gasteiger partial charge on any atom is 6.00 e. The van der Waals surface area contributed by atoms with Gasteiger partial charge in [-0.15, -0.1) is 0 Å². The molecule has 0 spiro atoms. The standard InChI is InChI=1S/6CHF3O3S.W/c6*2-1(3,4)8(5,6)7;/h6*(H,5,6,7);/q;;;;;;+6/p-6. The fourth-order valence-corrected chi connectivity index (χ4v) is 0. The van der Waals surface area contributed by atoms with E-state index in [1.165, 1.54) is 0 Å². The first-order valence-electron chi connectivity index (χ1n) is 7.63. The van der Waals surface area contributed by atoms with Crippen LogP contribution >= 0.6 is 0 Å². The molecule has 0 aliphatic heterocycles. The van der Waals surface area contributed by atoms with E-state index in [4.69, 9.17) is 77.8 Å². The molecule has 0 aliphatic carbocycles. The van der Waals surface area contributed by atoms with Crippen LogP contribution in [-0.4, -0.2) is 111 Å². The van der Waals surface area contributed by atoms with Crippen molar-refractivity contribution in [1.29, 1.82) is 0 Å². The predicted molar refractivity (Wildman–Crippen MR) is 94.5 cm³/mol. The molecule has 18 nitrogen and oxygen atoms in total. The Bertz CT molecular complexity index is 1310. The smallest absolute Gasteiger partial charge is 0.741 e. The molecular formula is C6F18O18S6W. The summed E-state index contributed by atoms with van der Waals surface area (Å²) >= 11 is 0. The number of hydrogen-bond donors (Lipinski definition) is 0. The molecule has 0 fully saturated rings. The van der Waals surface area contributed by atoms with E-state index in [1.54, 1.807) is 0 Å². The molecule has 0 aromatic heterocycles. The number of rotatable bonds is 0. The van der Waals surface area contributed by atoms with Crippen LogP contribution in [0.4, 0.5) is 79.0 Å². The van der Waals surface area contributed by atoms with Gasteiger partial charge >= 0.3 is 54.1 Å². The molecule has 43 heteroatoms. The van der Waals surface area contributed by atoms with Crippen LogP contribution in [0.25, 0.3) is 0 Å². The van der Waals surface area contributed by atoms with Crippen molar-refractivity contribution in [2.75, 3.05) is 0 Å². The van der Waals surface area contributed by atoms with Crippen molar-refractivity contribution < 1.29 is 178 Å². The Morgan fingerprint density at radius 3 is 0.245 bits per heavy atom. The molecule has 0 saturated carbocycles. The van der Waals surface area contributed by atoms with Crippen molar-refractivity contribution in [1.82, 2.24) is 0 Å². The topological polar surface area (TPSA) is 343 Å². The Balaban J connectivity index is -0.0000000860. The van der Waals surface area contributed by atoms with Gasteiger partial charge in [0, 0.05) is 0 Å². The van der Waals surface area contributed by atoms with E-state index in [0.29, 0.717) is 0 Å². The summed E-state index contributed by atoms with van der Waals surface area (Å²) in [7, 11) is -36.5. The zero-order valence-electron chi connectivity index (χ0n) is 20.0. The largest absolute Gasteiger partial charge is 6.00 e. The van der Waals surface area contributed by atoms with E-state index >= 15 is 0 Å². The van der Waals surface area contributed by atoms with Gasteiger partial charge in [-0.25, -0.2) is 50.5 Å². The fourth-order valence-electron chi connectivity index (χ4n) is 0. The second-order valence-electron chi connectivity index (χ2n) is 5.40. The van der Waals surface area contributed by atoms with Gasteiger partial charge < -0.3 is 27.3 Å². The summed E-state index contributed by atoms with van der Waals surface area (Å²) in [4.78, 5) is 0. The summed E-state index contributed by atoms with van der Waals surface area (Å²) in [5.41, 5.74) is -33.9. The molecule has 0 unspecified atom stereocenters. The fraction of sp³-hybridized carbons (Fsp3) is 1.00. The predicted octanol–water partition coefficient (Wildman–Crippen LogP) is 0.306. The normalized spacial score (nSPS) is 13.7. The molecule has 49 heavy (non-hydrogen) atoms. The van der Waals surface area contributed by atoms with Crippen molar-refractivity contribution >= 4 is 60.7 Å². The Labute approximate surface area is 271 Å². The maximum atomic E-state index is 10.7. The van der Waals surface area contributed by atoms with Crippen LogP contribution in [0.5, 0.6) is 0 Å². The monoisotopic (exact) mass is 1080 g/mol. The second-order valence-corrected chi connectivity index (χ2v) is 13.6. The minimum absolute atomic E-state index is 0. The summed E-state index contributed by atoms with van der Waals surface area (Å²) in [6.45, 7) is 0. The molecule has 0 heterocycles. The van der Waals surface area contributed by atoms with Crippen molar-refractivity contribution in [2.45, 2.75) is 33.0 Å². The first-order valence-corrected chi connectivity index (χ1v) is 16.1. The average Bonchev–Trinajstić information content (AvgIpc) is 2.60. The van der Waals surface area contributed by atoms with Gasteiger partial charge in [0.15, 0.2) is 60.7 Å². The van der Waals surface area contributed by atoms with Crippen LogP contribution in [0.2, 0.25) is 0 Å². The van der Waals surface area contributed by atoms with Gasteiger partial charge in [-0.3, -0.25) is 0 Å². The molecular weight excluding hydrogens is 1080 g/mol. The van der Waals surface area contributed by atoms with Crippen molar-refractivity contribution in [3.8, 4) is 0 Å². The van der Waals surface area contributed by atoms with Crippen LogP contribution < -0.4 is 0 Å². The van der Waals surface area contributed by atoms with Gasteiger partial charge in [-0.2, -0.15) is 79.0 Å². The van der Waals surface area contributed by atoms with Gasteiger partial charge in [-0.1, -0.05) is 0 Å². The summed E-state index contributed by atoms with van der Waals surface area (Å²) in [5, 5.41) is 0. The minimum Gasteiger partial charge on any atom is -0.741 e. The molecule has 0 radical (unpaired) electrons. The van der Waals surface area contributed by atoms with Crippen molar-refractivity contribution in [3.63, 3.8) is 0 Å². The molecule has 0 atom stereocenters. The van der Waals surface area contributed by atoms with Crippen LogP contribution in [0.15, 0.2) is 0 Å². The van der Waals surface area contributed by atoms with Gasteiger partial charge in [0.1, 0.15) is 0 Å². The molecule has 0 rings (SSSR count). The van der Waals surface area contributed by atoms with E-state index in [9.17, 15) is 79.0 Å². The SMILES string of the molecule is O=S(=O)([O-])C(F)(F)F.O=S(=O)([O-])C(F)(F)F.O=S(=O)([O-])C(F)(F)F.O=S(=O)([O-])C(F)(F)F.O=S(=O)([O-])C(F)(F)F.O=S(=O)([O-])C(F)(F)F.[W+6]. The molecule has 0 saturated heterocycles. The molecule has 0 aliphatic rings. The Kier molecular flexibility index (Phi) is 25.3. The molecule has 0 amide bonds.